The summed E-state index contributed by atoms with van der Waals surface area (Å²) in [5, 5.41) is 5.91. The monoisotopic (exact) mass is 207 g/mol. The van der Waals surface area contributed by atoms with Gasteiger partial charge in [0.05, 0.1) is 0 Å². The van der Waals surface area contributed by atoms with Crippen molar-refractivity contribution in [3.63, 3.8) is 0 Å². The minimum atomic E-state index is -0.00437. The third-order valence-electron chi connectivity index (χ3n) is 2.02. The predicted octanol–water partition coefficient (Wildman–Crippen LogP) is 0.693. The second kappa shape index (κ2) is 6.03. The van der Waals surface area contributed by atoms with Gasteiger partial charge in [-0.1, -0.05) is 12.1 Å². The number of hydrogen-bond donors (Lipinski definition) is 3. The smallest absolute Gasteiger partial charge is 0.216 e. The second-order valence-corrected chi connectivity index (χ2v) is 3.31. The first-order valence-corrected chi connectivity index (χ1v) is 4.99. The number of nitrogens with one attached hydrogen (secondary N) is 2. The molecule has 0 aromatic heterocycles. The molecular formula is C11H17N3O. The zero-order chi connectivity index (χ0) is 11.1. The zero-order valence-corrected chi connectivity index (χ0v) is 8.92. The first-order valence-electron chi connectivity index (χ1n) is 4.99. The van der Waals surface area contributed by atoms with E-state index in [1.54, 1.807) is 0 Å². The van der Waals surface area contributed by atoms with Gasteiger partial charge >= 0.3 is 0 Å². The molecule has 0 saturated carbocycles. The van der Waals surface area contributed by atoms with E-state index in [0.717, 1.165) is 17.8 Å². The lowest BCUT2D eigenvalue weighted by Crippen LogP contribution is -2.26. The highest BCUT2D eigenvalue weighted by atomic mass is 16.1. The highest BCUT2D eigenvalue weighted by molar-refractivity contribution is 5.72. The summed E-state index contributed by atoms with van der Waals surface area (Å²) in [5.74, 6) is -0.00437. The molecule has 15 heavy (non-hydrogen) atoms. The highest BCUT2D eigenvalue weighted by Gasteiger charge is 1.93. The molecule has 0 aliphatic carbocycles. The summed E-state index contributed by atoms with van der Waals surface area (Å²) in [5.41, 5.74) is 7.64. The van der Waals surface area contributed by atoms with Gasteiger partial charge in [-0.3, -0.25) is 4.79 Å². The number of amides is 1. The van der Waals surface area contributed by atoms with Crippen molar-refractivity contribution in [2.24, 2.45) is 5.73 Å². The Labute approximate surface area is 89.9 Å². The maximum absolute atomic E-state index is 10.6. The first-order chi connectivity index (χ1) is 7.22. The molecule has 1 rings (SSSR count). The van der Waals surface area contributed by atoms with Gasteiger partial charge in [0.2, 0.25) is 5.91 Å². The minimum Gasteiger partial charge on any atom is -0.383 e. The van der Waals surface area contributed by atoms with E-state index < -0.39 is 0 Å². The largest absolute Gasteiger partial charge is 0.383 e. The Bertz CT molecular complexity index is 308. The molecule has 4 nitrogen and oxygen atoms in total. The van der Waals surface area contributed by atoms with E-state index in [2.05, 4.69) is 10.6 Å². The minimum absolute atomic E-state index is 0.00437. The average molecular weight is 207 g/mol. The fraction of sp³-hybridized carbons (Fsp3) is 0.364. The Hall–Kier alpha value is -1.55. The number of carbonyl (C=O) groups excluding carboxylic acids is 1. The Morgan fingerprint density at radius 1 is 1.27 bits per heavy atom. The number of rotatable bonds is 5. The van der Waals surface area contributed by atoms with Crippen LogP contribution in [0.5, 0.6) is 0 Å². The van der Waals surface area contributed by atoms with Crippen LogP contribution in [-0.4, -0.2) is 19.0 Å². The van der Waals surface area contributed by atoms with Crippen LogP contribution in [0, 0.1) is 0 Å². The molecule has 0 spiro atoms. The Kier molecular flexibility index (Phi) is 4.63. The van der Waals surface area contributed by atoms with Crippen molar-refractivity contribution in [2.75, 3.05) is 18.4 Å². The van der Waals surface area contributed by atoms with Crippen LogP contribution in [0.25, 0.3) is 0 Å². The van der Waals surface area contributed by atoms with Crippen LogP contribution in [0.2, 0.25) is 0 Å². The number of hydrogen-bond acceptors (Lipinski definition) is 3. The maximum Gasteiger partial charge on any atom is 0.216 e. The molecule has 0 fully saturated rings. The lowest BCUT2D eigenvalue weighted by Gasteiger charge is -2.07. The maximum atomic E-state index is 10.6. The molecule has 0 saturated heterocycles. The molecule has 0 atom stereocenters. The van der Waals surface area contributed by atoms with Gasteiger partial charge in [0.15, 0.2) is 0 Å². The molecule has 0 heterocycles. The third kappa shape index (κ3) is 4.46. The molecule has 4 heteroatoms. The quantitative estimate of drug-likeness (QED) is 0.622. The van der Waals surface area contributed by atoms with Gasteiger partial charge in [-0.15, -0.1) is 0 Å². The van der Waals surface area contributed by atoms with Gasteiger partial charge in [0.1, 0.15) is 0 Å². The molecule has 0 unspecified atom stereocenters. The second-order valence-electron chi connectivity index (χ2n) is 3.31. The van der Waals surface area contributed by atoms with E-state index in [4.69, 9.17) is 5.73 Å². The third-order valence-corrected chi connectivity index (χ3v) is 2.02. The summed E-state index contributed by atoms with van der Waals surface area (Å²) in [6, 6.07) is 7.94. The first kappa shape index (κ1) is 11.5. The van der Waals surface area contributed by atoms with E-state index in [-0.39, 0.29) is 5.91 Å². The van der Waals surface area contributed by atoms with E-state index in [0.29, 0.717) is 13.1 Å². The van der Waals surface area contributed by atoms with Crippen LogP contribution in [-0.2, 0) is 11.3 Å². The van der Waals surface area contributed by atoms with Crippen LogP contribution < -0.4 is 16.4 Å². The van der Waals surface area contributed by atoms with Crippen LogP contribution in [0.4, 0.5) is 5.69 Å². The van der Waals surface area contributed by atoms with E-state index in [1.807, 2.05) is 24.3 Å². The SMILES string of the molecule is CC(=O)NCCNc1ccc(CN)cc1. The summed E-state index contributed by atoms with van der Waals surface area (Å²) in [6.07, 6.45) is 0. The Morgan fingerprint density at radius 3 is 2.47 bits per heavy atom. The van der Waals surface area contributed by atoms with Crippen LogP contribution in [0.15, 0.2) is 24.3 Å². The standard InChI is InChI=1S/C11H17N3O/c1-9(15)13-6-7-14-11-4-2-10(8-12)3-5-11/h2-5,14H,6-8,12H2,1H3,(H,13,15). The molecule has 0 bridgehead atoms. The molecular weight excluding hydrogens is 190 g/mol. The number of benzene rings is 1. The van der Waals surface area contributed by atoms with Crippen molar-refractivity contribution in [1.82, 2.24) is 5.32 Å². The van der Waals surface area contributed by atoms with Gasteiger partial charge in [-0.25, -0.2) is 0 Å². The fourth-order valence-electron chi connectivity index (χ4n) is 1.20. The molecule has 82 valence electrons. The summed E-state index contributed by atoms with van der Waals surface area (Å²) in [7, 11) is 0. The van der Waals surface area contributed by atoms with E-state index >= 15 is 0 Å². The summed E-state index contributed by atoms with van der Waals surface area (Å²) >= 11 is 0. The topological polar surface area (TPSA) is 67.2 Å². The van der Waals surface area contributed by atoms with E-state index in [1.165, 1.54) is 6.92 Å². The number of carbonyl (C=O) groups is 1. The van der Waals surface area contributed by atoms with Crippen molar-refractivity contribution in [2.45, 2.75) is 13.5 Å². The summed E-state index contributed by atoms with van der Waals surface area (Å²) < 4.78 is 0. The molecule has 0 aliphatic rings. The van der Waals surface area contributed by atoms with Gasteiger partial charge in [-0.2, -0.15) is 0 Å². The highest BCUT2D eigenvalue weighted by Crippen LogP contribution is 2.08. The molecule has 0 radical (unpaired) electrons. The van der Waals surface area contributed by atoms with Crippen molar-refractivity contribution in [3.05, 3.63) is 29.8 Å². The molecule has 1 aromatic carbocycles. The fourth-order valence-corrected chi connectivity index (χ4v) is 1.20. The molecule has 0 aliphatic heterocycles. The molecule has 1 amide bonds. The van der Waals surface area contributed by atoms with Crippen molar-refractivity contribution in [1.29, 1.82) is 0 Å². The van der Waals surface area contributed by atoms with Gasteiger partial charge < -0.3 is 16.4 Å². The van der Waals surface area contributed by atoms with Gasteiger partial charge in [-0.05, 0) is 17.7 Å². The van der Waals surface area contributed by atoms with Gasteiger partial charge in [0.25, 0.3) is 0 Å². The Morgan fingerprint density at radius 2 is 1.93 bits per heavy atom. The normalized spacial score (nSPS) is 9.73. The number of nitrogens with two attached hydrogens (primary N) is 1. The average Bonchev–Trinajstić information content (AvgIpc) is 2.25. The van der Waals surface area contributed by atoms with E-state index in [9.17, 15) is 4.79 Å². The zero-order valence-electron chi connectivity index (χ0n) is 8.92. The number of anilines is 1. The van der Waals surface area contributed by atoms with Crippen molar-refractivity contribution in [3.8, 4) is 0 Å². The summed E-state index contributed by atoms with van der Waals surface area (Å²) in [6.45, 7) is 3.43. The lowest BCUT2D eigenvalue weighted by molar-refractivity contribution is -0.118. The van der Waals surface area contributed by atoms with Crippen LogP contribution in [0.3, 0.4) is 0 Å². The molecule has 1 aromatic rings. The van der Waals surface area contributed by atoms with Gasteiger partial charge in [0, 0.05) is 32.2 Å². The predicted molar refractivity (Wildman–Crippen MR) is 61.5 cm³/mol. The summed E-state index contributed by atoms with van der Waals surface area (Å²) in [4.78, 5) is 10.6. The van der Waals surface area contributed by atoms with Crippen LogP contribution in [0.1, 0.15) is 12.5 Å². The molecule has 4 N–H and O–H groups in total. The Balaban J connectivity index is 2.28. The lowest BCUT2D eigenvalue weighted by atomic mass is 10.2. The van der Waals surface area contributed by atoms with Crippen molar-refractivity contribution < 1.29 is 4.79 Å². The van der Waals surface area contributed by atoms with Crippen LogP contribution >= 0.6 is 0 Å². The van der Waals surface area contributed by atoms with Crippen molar-refractivity contribution >= 4 is 11.6 Å².